The van der Waals surface area contributed by atoms with Gasteiger partial charge in [-0.15, -0.1) is 0 Å². The zero-order chi connectivity index (χ0) is 16.6. The molecular formula is C18H27N4S+. The summed E-state index contributed by atoms with van der Waals surface area (Å²) in [6, 6.07) is 8.97. The topological polar surface area (TPSA) is 27.2 Å². The molecule has 2 aromatic rings. The molecule has 1 aromatic carbocycles. The number of rotatable bonds is 6. The summed E-state index contributed by atoms with van der Waals surface area (Å²) in [6.45, 7) is 6.25. The van der Waals surface area contributed by atoms with Crippen molar-refractivity contribution < 1.29 is 4.90 Å². The maximum Gasteiger partial charge on any atom is 0.202 e. The zero-order valence-electron chi connectivity index (χ0n) is 14.5. The summed E-state index contributed by atoms with van der Waals surface area (Å²) in [7, 11) is 4.24. The highest BCUT2D eigenvalue weighted by Gasteiger charge is 2.29. The Hall–Kier alpha value is -1.46. The molecule has 1 atom stereocenters. The Kier molecular flexibility index (Phi) is 4.69. The Morgan fingerprint density at radius 1 is 1.26 bits per heavy atom. The molecular weight excluding hydrogens is 304 g/mol. The number of nitrogens with one attached hydrogen (secondary N) is 1. The first kappa shape index (κ1) is 16.4. The molecule has 0 radical (unpaired) electrons. The zero-order valence-corrected chi connectivity index (χ0v) is 15.4. The fraction of sp³-hybridized carbons (Fsp3) is 0.556. The van der Waals surface area contributed by atoms with E-state index in [9.17, 15) is 0 Å². The van der Waals surface area contributed by atoms with Crippen LogP contribution in [0, 0.1) is 4.77 Å². The molecule has 124 valence electrons. The minimum atomic E-state index is 0.585. The first-order valence-corrected chi connectivity index (χ1v) is 8.90. The summed E-state index contributed by atoms with van der Waals surface area (Å²) in [4.78, 5) is 1.39. The summed E-state index contributed by atoms with van der Waals surface area (Å²) < 4.78 is 4.90. The number of benzene rings is 1. The largest absolute Gasteiger partial charge is 0.315 e. The van der Waals surface area contributed by atoms with Crippen molar-refractivity contribution in [3.63, 3.8) is 0 Å². The summed E-state index contributed by atoms with van der Waals surface area (Å²) >= 11 is 5.54. The van der Waals surface area contributed by atoms with Gasteiger partial charge in [0.05, 0.1) is 7.05 Å². The first-order chi connectivity index (χ1) is 11.0. The molecule has 23 heavy (non-hydrogen) atoms. The van der Waals surface area contributed by atoms with E-state index in [1.54, 1.807) is 0 Å². The highest BCUT2D eigenvalue weighted by molar-refractivity contribution is 7.71. The summed E-state index contributed by atoms with van der Waals surface area (Å²) in [6.07, 6.45) is 2.51. The molecule has 1 fully saturated rings. The molecule has 0 aliphatic heterocycles. The molecule has 0 amide bonds. The van der Waals surface area contributed by atoms with Gasteiger partial charge >= 0.3 is 0 Å². The molecule has 1 saturated carbocycles. The van der Waals surface area contributed by atoms with Crippen molar-refractivity contribution >= 4 is 12.2 Å². The van der Waals surface area contributed by atoms with Crippen molar-refractivity contribution in [1.29, 1.82) is 0 Å². The summed E-state index contributed by atoms with van der Waals surface area (Å²) in [5, 5.41) is 4.74. The molecule has 0 saturated heterocycles. The van der Waals surface area contributed by atoms with Crippen LogP contribution < -0.4 is 4.90 Å². The number of hydrogen-bond donors (Lipinski definition) is 1. The van der Waals surface area contributed by atoms with Crippen LogP contribution in [0.25, 0.3) is 0 Å². The van der Waals surface area contributed by atoms with Gasteiger partial charge in [-0.05, 0) is 36.5 Å². The lowest BCUT2D eigenvalue weighted by atomic mass is 10.0. The lowest BCUT2D eigenvalue weighted by molar-refractivity contribution is -0.917. The van der Waals surface area contributed by atoms with E-state index in [-0.39, 0.29) is 0 Å². The Labute approximate surface area is 143 Å². The molecule has 1 aromatic heterocycles. The number of hydrogen-bond acceptors (Lipinski definition) is 2. The second-order valence-electron chi connectivity index (χ2n) is 7.16. The predicted octanol–water partition coefficient (Wildman–Crippen LogP) is 2.62. The molecule has 1 aliphatic carbocycles. The Morgan fingerprint density at radius 2 is 1.91 bits per heavy atom. The van der Waals surface area contributed by atoms with Gasteiger partial charge in [-0.25, -0.2) is 0 Å². The fourth-order valence-electron chi connectivity index (χ4n) is 2.99. The average Bonchev–Trinajstić information content (AvgIpc) is 3.31. The maximum atomic E-state index is 5.54. The molecule has 0 spiro atoms. The van der Waals surface area contributed by atoms with Gasteiger partial charge in [-0.2, -0.15) is 9.78 Å². The van der Waals surface area contributed by atoms with Gasteiger partial charge < -0.3 is 9.47 Å². The van der Waals surface area contributed by atoms with Crippen LogP contribution in [0.15, 0.2) is 24.3 Å². The van der Waals surface area contributed by atoms with Gasteiger partial charge in [0.2, 0.25) is 4.77 Å². The van der Waals surface area contributed by atoms with Crippen molar-refractivity contribution in [1.82, 2.24) is 14.3 Å². The van der Waals surface area contributed by atoms with Gasteiger partial charge in [0.15, 0.2) is 6.67 Å². The summed E-state index contributed by atoms with van der Waals surface area (Å²) in [5.74, 6) is 2.37. The van der Waals surface area contributed by atoms with Crippen molar-refractivity contribution in [3.8, 4) is 0 Å². The normalized spacial score (nSPS) is 16.0. The molecule has 4 nitrogen and oxygen atoms in total. The third kappa shape index (κ3) is 3.72. The Morgan fingerprint density at radius 3 is 2.48 bits per heavy atom. The maximum absolute atomic E-state index is 5.54. The average molecular weight is 332 g/mol. The second-order valence-corrected chi connectivity index (χ2v) is 7.53. The number of quaternary nitrogens is 1. The highest BCUT2D eigenvalue weighted by atomic mass is 32.1. The van der Waals surface area contributed by atoms with Gasteiger partial charge in [-0.3, -0.25) is 0 Å². The molecule has 5 heteroatoms. The van der Waals surface area contributed by atoms with E-state index in [1.165, 1.54) is 28.9 Å². The Balaban J connectivity index is 1.66. The standard InChI is InChI=1S/C18H26N4S/c1-13(2)15-7-5-14(6-8-15)11-20(3)12-22-18(23)21(4)17(19-22)16-9-10-16/h5-8,13,16H,9-12H2,1-4H3/p+1. The first-order valence-electron chi connectivity index (χ1n) is 8.49. The minimum absolute atomic E-state index is 0.585. The number of aromatic nitrogens is 3. The van der Waals surface area contributed by atoms with E-state index in [2.05, 4.69) is 49.7 Å². The smallest absolute Gasteiger partial charge is 0.202 e. The van der Waals surface area contributed by atoms with Crippen LogP contribution in [0.4, 0.5) is 0 Å². The van der Waals surface area contributed by atoms with Gasteiger partial charge in [0.1, 0.15) is 12.4 Å². The number of nitrogens with zero attached hydrogens (tertiary/aromatic N) is 3. The SMILES string of the molecule is CC(C)c1ccc(C[NH+](C)Cn2nc(C3CC3)n(C)c2=S)cc1. The fourth-order valence-corrected chi connectivity index (χ4v) is 3.18. The van der Waals surface area contributed by atoms with Gasteiger partial charge in [0.25, 0.3) is 0 Å². The van der Waals surface area contributed by atoms with Crippen molar-refractivity contribution in [2.75, 3.05) is 7.05 Å². The van der Waals surface area contributed by atoms with Crippen LogP contribution in [0.5, 0.6) is 0 Å². The third-order valence-electron chi connectivity index (χ3n) is 4.59. The predicted molar refractivity (Wildman–Crippen MR) is 95.1 cm³/mol. The molecule has 1 N–H and O–H groups in total. The lowest BCUT2D eigenvalue weighted by Gasteiger charge is -2.14. The van der Waals surface area contributed by atoms with Crippen LogP contribution in [0.2, 0.25) is 0 Å². The van der Waals surface area contributed by atoms with E-state index >= 15 is 0 Å². The monoisotopic (exact) mass is 331 g/mol. The molecule has 1 unspecified atom stereocenters. The Bertz CT molecular complexity index is 722. The summed E-state index contributed by atoms with van der Waals surface area (Å²) in [5.41, 5.74) is 2.75. The molecule has 3 rings (SSSR count). The molecule has 1 heterocycles. The van der Waals surface area contributed by atoms with E-state index in [4.69, 9.17) is 17.3 Å². The van der Waals surface area contributed by atoms with Crippen molar-refractivity contribution in [2.24, 2.45) is 7.05 Å². The molecule has 1 aliphatic rings. The van der Waals surface area contributed by atoms with Crippen LogP contribution in [0.3, 0.4) is 0 Å². The van der Waals surface area contributed by atoms with Crippen LogP contribution in [-0.4, -0.2) is 21.4 Å². The van der Waals surface area contributed by atoms with Crippen molar-refractivity contribution in [2.45, 2.75) is 51.7 Å². The van der Waals surface area contributed by atoms with Gasteiger partial charge in [0, 0.05) is 18.5 Å². The molecule has 0 bridgehead atoms. The third-order valence-corrected chi connectivity index (χ3v) is 5.07. The lowest BCUT2D eigenvalue weighted by Crippen LogP contribution is -3.07. The quantitative estimate of drug-likeness (QED) is 0.824. The van der Waals surface area contributed by atoms with E-state index in [1.807, 2.05) is 11.7 Å². The van der Waals surface area contributed by atoms with Gasteiger partial charge in [-0.1, -0.05) is 38.1 Å². The van der Waals surface area contributed by atoms with E-state index in [0.717, 1.165) is 23.8 Å². The van der Waals surface area contributed by atoms with Crippen LogP contribution in [-0.2, 0) is 20.3 Å². The second kappa shape index (κ2) is 6.57. The van der Waals surface area contributed by atoms with Crippen LogP contribution in [0.1, 0.15) is 55.5 Å². The highest BCUT2D eigenvalue weighted by Crippen LogP contribution is 2.38. The van der Waals surface area contributed by atoms with Crippen molar-refractivity contribution in [3.05, 3.63) is 46.0 Å². The van der Waals surface area contributed by atoms with E-state index in [0.29, 0.717) is 11.8 Å². The minimum Gasteiger partial charge on any atom is -0.315 e. The van der Waals surface area contributed by atoms with Crippen LogP contribution >= 0.6 is 12.2 Å². The van der Waals surface area contributed by atoms with E-state index < -0.39 is 0 Å².